The SMILES string of the molecule is O=C(O)CN(Cc1ccc(F)cc1)C(=O)CCCNC(=O)NC1CCCCC1. The Morgan fingerprint density at radius 3 is 2.43 bits per heavy atom. The summed E-state index contributed by atoms with van der Waals surface area (Å²) in [5.74, 6) is -1.82. The first kappa shape index (κ1) is 21.7. The number of hydrogen-bond donors (Lipinski definition) is 3. The quantitative estimate of drug-likeness (QED) is 0.562. The molecule has 154 valence electrons. The fourth-order valence-corrected chi connectivity index (χ4v) is 3.29. The number of rotatable bonds is 9. The zero-order valence-corrected chi connectivity index (χ0v) is 16.0. The van der Waals surface area contributed by atoms with E-state index in [1.807, 2.05) is 0 Å². The lowest BCUT2D eigenvalue weighted by Crippen LogP contribution is -2.43. The zero-order chi connectivity index (χ0) is 20.4. The minimum atomic E-state index is -1.11. The number of amides is 3. The maximum absolute atomic E-state index is 13.0. The second-order valence-electron chi connectivity index (χ2n) is 7.11. The third-order valence-electron chi connectivity index (χ3n) is 4.76. The van der Waals surface area contributed by atoms with Crippen LogP contribution in [0, 0.1) is 5.82 Å². The van der Waals surface area contributed by atoms with Crippen molar-refractivity contribution in [3.63, 3.8) is 0 Å². The Morgan fingerprint density at radius 1 is 1.11 bits per heavy atom. The number of nitrogens with zero attached hydrogens (tertiary/aromatic N) is 1. The second kappa shape index (κ2) is 11.3. The van der Waals surface area contributed by atoms with Crippen LogP contribution in [0.2, 0.25) is 0 Å². The normalized spacial score (nSPS) is 14.3. The van der Waals surface area contributed by atoms with Crippen LogP contribution >= 0.6 is 0 Å². The first-order valence-electron chi connectivity index (χ1n) is 9.72. The molecule has 0 unspecified atom stereocenters. The monoisotopic (exact) mass is 393 g/mol. The molecule has 0 bridgehead atoms. The molecule has 1 aromatic rings. The van der Waals surface area contributed by atoms with Crippen LogP contribution in [-0.2, 0) is 16.1 Å². The Morgan fingerprint density at radius 2 is 1.79 bits per heavy atom. The molecule has 0 aromatic heterocycles. The van der Waals surface area contributed by atoms with E-state index in [2.05, 4.69) is 10.6 Å². The highest BCUT2D eigenvalue weighted by molar-refractivity contribution is 5.81. The molecular formula is C20H28FN3O4. The van der Waals surface area contributed by atoms with Crippen LogP contribution in [0.5, 0.6) is 0 Å². The van der Waals surface area contributed by atoms with Crippen molar-refractivity contribution in [1.82, 2.24) is 15.5 Å². The van der Waals surface area contributed by atoms with Crippen LogP contribution in [0.3, 0.4) is 0 Å². The molecule has 0 radical (unpaired) electrons. The highest BCUT2D eigenvalue weighted by Gasteiger charge is 2.18. The van der Waals surface area contributed by atoms with Gasteiger partial charge in [0, 0.05) is 25.6 Å². The second-order valence-corrected chi connectivity index (χ2v) is 7.11. The number of carboxylic acids is 1. The molecule has 3 amide bonds. The van der Waals surface area contributed by atoms with Gasteiger partial charge in [-0.2, -0.15) is 0 Å². The molecule has 28 heavy (non-hydrogen) atoms. The molecule has 0 heterocycles. The van der Waals surface area contributed by atoms with Crippen LogP contribution in [0.25, 0.3) is 0 Å². The highest BCUT2D eigenvalue weighted by Crippen LogP contribution is 2.17. The lowest BCUT2D eigenvalue weighted by molar-refractivity contribution is -0.144. The van der Waals surface area contributed by atoms with Crippen molar-refractivity contribution in [2.75, 3.05) is 13.1 Å². The van der Waals surface area contributed by atoms with E-state index in [9.17, 15) is 18.8 Å². The van der Waals surface area contributed by atoms with Crippen molar-refractivity contribution >= 4 is 17.9 Å². The first-order chi connectivity index (χ1) is 13.4. The van der Waals surface area contributed by atoms with E-state index in [0.717, 1.165) is 25.7 Å². The summed E-state index contributed by atoms with van der Waals surface area (Å²) in [5, 5.41) is 14.7. The zero-order valence-electron chi connectivity index (χ0n) is 16.0. The lowest BCUT2D eigenvalue weighted by Gasteiger charge is -2.23. The fraction of sp³-hybridized carbons (Fsp3) is 0.550. The van der Waals surface area contributed by atoms with Crippen molar-refractivity contribution in [1.29, 1.82) is 0 Å². The lowest BCUT2D eigenvalue weighted by atomic mass is 9.96. The largest absolute Gasteiger partial charge is 0.480 e. The van der Waals surface area contributed by atoms with E-state index >= 15 is 0 Å². The minimum absolute atomic E-state index is 0.0982. The fourth-order valence-electron chi connectivity index (χ4n) is 3.29. The Labute approximate surface area is 164 Å². The van der Waals surface area contributed by atoms with Crippen LogP contribution in [-0.4, -0.2) is 47.0 Å². The summed E-state index contributed by atoms with van der Waals surface area (Å²) in [5.41, 5.74) is 0.654. The summed E-state index contributed by atoms with van der Waals surface area (Å²) >= 11 is 0. The average molecular weight is 393 g/mol. The molecule has 0 atom stereocenters. The van der Waals surface area contributed by atoms with Gasteiger partial charge in [-0.15, -0.1) is 0 Å². The first-order valence-corrected chi connectivity index (χ1v) is 9.72. The summed E-state index contributed by atoms with van der Waals surface area (Å²) in [6.45, 7) is 0.00850. The van der Waals surface area contributed by atoms with Gasteiger partial charge in [-0.1, -0.05) is 31.4 Å². The molecule has 8 heteroatoms. The topological polar surface area (TPSA) is 98.7 Å². The molecule has 0 saturated heterocycles. The van der Waals surface area contributed by atoms with Crippen molar-refractivity contribution in [3.8, 4) is 0 Å². The van der Waals surface area contributed by atoms with E-state index in [-0.39, 0.29) is 30.9 Å². The van der Waals surface area contributed by atoms with Crippen molar-refractivity contribution in [3.05, 3.63) is 35.6 Å². The van der Waals surface area contributed by atoms with Gasteiger partial charge < -0.3 is 20.6 Å². The van der Waals surface area contributed by atoms with E-state index in [4.69, 9.17) is 5.11 Å². The Bertz CT molecular complexity index is 660. The number of aliphatic carboxylic acids is 1. The predicted molar refractivity (Wildman–Crippen MR) is 102 cm³/mol. The predicted octanol–water partition coefficient (Wildman–Crippen LogP) is 2.65. The number of urea groups is 1. The molecular weight excluding hydrogens is 365 g/mol. The van der Waals surface area contributed by atoms with Gasteiger partial charge in [0.2, 0.25) is 5.91 Å². The summed E-state index contributed by atoms with van der Waals surface area (Å²) in [6.07, 6.45) is 6.01. The smallest absolute Gasteiger partial charge is 0.323 e. The van der Waals surface area contributed by atoms with Gasteiger partial charge >= 0.3 is 12.0 Å². The van der Waals surface area contributed by atoms with Gasteiger partial charge in [0.05, 0.1) is 0 Å². The average Bonchev–Trinajstić information content (AvgIpc) is 2.66. The Balaban J connectivity index is 1.73. The molecule has 2 rings (SSSR count). The molecule has 3 N–H and O–H groups in total. The van der Waals surface area contributed by atoms with Crippen molar-refractivity contribution in [2.24, 2.45) is 0 Å². The Kier molecular flexibility index (Phi) is 8.71. The molecule has 1 fully saturated rings. The number of carbonyl (C=O) groups is 3. The molecule has 7 nitrogen and oxygen atoms in total. The van der Waals surface area contributed by atoms with Gasteiger partial charge in [-0.05, 0) is 37.0 Å². The molecule has 1 aliphatic carbocycles. The van der Waals surface area contributed by atoms with E-state index in [0.29, 0.717) is 18.5 Å². The summed E-state index contributed by atoms with van der Waals surface area (Å²) in [7, 11) is 0. The van der Waals surface area contributed by atoms with E-state index in [1.54, 1.807) is 0 Å². The standard InChI is InChI=1S/C20H28FN3O4/c21-16-10-8-15(9-11-16)13-24(14-19(26)27)18(25)7-4-12-22-20(28)23-17-5-2-1-3-6-17/h8-11,17H,1-7,12-14H2,(H,26,27)(H2,22,23,28). The Hall–Kier alpha value is -2.64. The summed E-state index contributed by atoms with van der Waals surface area (Å²) in [4.78, 5) is 36.5. The van der Waals surface area contributed by atoms with Gasteiger partial charge in [0.15, 0.2) is 0 Å². The molecule has 1 saturated carbocycles. The highest BCUT2D eigenvalue weighted by atomic mass is 19.1. The van der Waals surface area contributed by atoms with Crippen LogP contribution in [0.1, 0.15) is 50.5 Å². The molecule has 0 spiro atoms. The molecule has 1 aliphatic rings. The third-order valence-corrected chi connectivity index (χ3v) is 4.76. The number of carbonyl (C=O) groups excluding carboxylic acids is 2. The summed E-state index contributed by atoms with van der Waals surface area (Å²) < 4.78 is 13.0. The summed E-state index contributed by atoms with van der Waals surface area (Å²) in [6, 6.07) is 5.58. The van der Waals surface area contributed by atoms with E-state index < -0.39 is 18.3 Å². The van der Waals surface area contributed by atoms with Crippen LogP contribution in [0.15, 0.2) is 24.3 Å². The number of hydrogen-bond acceptors (Lipinski definition) is 3. The van der Waals surface area contributed by atoms with Gasteiger partial charge in [-0.25, -0.2) is 9.18 Å². The number of nitrogens with one attached hydrogen (secondary N) is 2. The minimum Gasteiger partial charge on any atom is -0.480 e. The van der Waals surface area contributed by atoms with Gasteiger partial charge in [0.25, 0.3) is 0 Å². The van der Waals surface area contributed by atoms with Gasteiger partial charge in [0.1, 0.15) is 12.4 Å². The maximum Gasteiger partial charge on any atom is 0.323 e. The van der Waals surface area contributed by atoms with E-state index in [1.165, 1.54) is 35.6 Å². The van der Waals surface area contributed by atoms with Crippen molar-refractivity contribution in [2.45, 2.75) is 57.5 Å². The van der Waals surface area contributed by atoms with Crippen LogP contribution in [0.4, 0.5) is 9.18 Å². The van der Waals surface area contributed by atoms with Crippen LogP contribution < -0.4 is 10.6 Å². The van der Waals surface area contributed by atoms with Crippen molar-refractivity contribution < 1.29 is 23.9 Å². The molecule has 1 aromatic carbocycles. The molecule has 0 aliphatic heterocycles. The number of carboxylic acid groups (broad SMARTS) is 1. The van der Waals surface area contributed by atoms with Gasteiger partial charge in [-0.3, -0.25) is 9.59 Å². The maximum atomic E-state index is 13.0. The number of halogens is 1. The third kappa shape index (κ3) is 7.94. The number of benzene rings is 1.